The van der Waals surface area contributed by atoms with Crippen LogP contribution in [-0.4, -0.2) is 24.2 Å². The van der Waals surface area contributed by atoms with Crippen LogP contribution in [0.2, 0.25) is 0 Å². The number of carbonyl (C=O) groups is 2. The first-order valence-electron chi connectivity index (χ1n) is 12.8. The van der Waals surface area contributed by atoms with Crippen LogP contribution in [-0.2, 0) is 22.4 Å². The van der Waals surface area contributed by atoms with Gasteiger partial charge in [-0.2, -0.15) is 0 Å². The van der Waals surface area contributed by atoms with E-state index in [0.717, 1.165) is 40.9 Å². The number of aryl methyl sites for hydroxylation is 2. The second kappa shape index (κ2) is 11.6. The first kappa shape index (κ1) is 26.3. The molecular weight excluding hydrogens is 508 g/mol. The van der Waals surface area contributed by atoms with Crippen LogP contribution in [0.1, 0.15) is 41.1 Å². The monoisotopic (exact) mass is 536 g/mol. The SMILES string of the molecule is CCc1ccccc1N=C1S/C(=C\c2ccc(-c3cccc(C(=O)OC)c3)o2)C(=O)N1c1ccccc1CC. The summed E-state index contributed by atoms with van der Waals surface area (Å²) in [6.45, 7) is 4.17. The van der Waals surface area contributed by atoms with Gasteiger partial charge >= 0.3 is 5.97 Å². The molecule has 0 bridgehead atoms. The molecule has 6 nitrogen and oxygen atoms in total. The predicted molar refractivity (Wildman–Crippen MR) is 157 cm³/mol. The molecule has 1 fully saturated rings. The Morgan fingerprint density at radius 3 is 2.46 bits per heavy atom. The lowest BCUT2D eigenvalue weighted by Crippen LogP contribution is -2.29. The van der Waals surface area contributed by atoms with Gasteiger partial charge in [-0.15, -0.1) is 0 Å². The summed E-state index contributed by atoms with van der Waals surface area (Å²) in [4.78, 5) is 32.9. The zero-order valence-corrected chi connectivity index (χ0v) is 22.8. The lowest BCUT2D eigenvalue weighted by atomic mass is 10.1. The minimum atomic E-state index is -0.414. The smallest absolute Gasteiger partial charge is 0.337 e. The molecule has 39 heavy (non-hydrogen) atoms. The topological polar surface area (TPSA) is 72.1 Å². The molecule has 0 N–H and O–H groups in total. The molecule has 1 saturated heterocycles. The summed E-state index contributed by atoms with van der Waals surface area (Å²) in [7, 11) is 1.35. The van der Waals surface area contributed by atoms with E-state index in [-0.39, 0.29) is 5.91 Å². The van der Waals surface area contributed by atoms with Crippen molar-refractivity contribution in [2.45, 2.75) is 26.7 Å². The number of methoxy groups -OCH3 is 1. The van der Waals surface area contributed by atoms with Crippen molar-refractivity contribution in [3.05, 3.63) is 112 Å². The number of hydrogen-bond acceptors (Lipinski definition) is 6. The van der Waals surface area contributed by atoms with Crippen molar-refractivity contribution >= 4 is 46.3 Å². The molecule has 0 atom stereocenters. The van der Waals surface area contributed by atoms with Gasteiger partial charge in [-0.05, 0) is 72.1 Å². The molecule has 0 radical (unpaired) electrons. The number of amidine groups is 1. The standard InChI is InChI=1S/C32H28N2O4S/c1-4-21-11-6-8-15-26(21)33-32-34(27-16-9-7-12-22(27)5-2)30(35)29(39-32)20-25-17-18-28(38-25)23-13-10-14-24(19-23)31(36)37-3/h6-20H,4-5H2,1-3H3/b29-20-,33-32?. The third-order valence-corrected chi connectivity index (χ3v) is 7.45. The Hall–Kier alpha value is -4.36. The quantitative estimate of drug-likeness (QED) is 0.179. The number of para-hydroxylation sites is 2. The maximum Gasteiger partial charge on any atom is 0.337 e. The number of amides is 1. The van der Waals surface area contributed by atoms with Crippen LogP contribution >= 0.6 is 11.8 Å². The van der Waals surface area contributed by atoms with E-state index in [2.05, 4.69) is 19.9 Å². The first-order chi connectivity index (χ1) is 19.0. The van der Waals surface area contributed by atoms with Crippen molar-refractivity contribution in [3.8, 4) is 11.3 Å². The lowest BCUT2D eigenvalue weighted by molar-refractivity contribution is -0.113. The van der Waals surface area contributed by atoms with Gasteiger partial charge in [0.05, 0.1) is 29.0 Å². The van der Waals surface area contributed by atoms with Gasteiger partial charge in [-0.1, -0.05) is 62.4 Å². The molecule has 196 valence electrons. The molecule has 1 aromatic heterocycles. The zero-order chi connectivity index (χ0) is 27.4. The number of thioether (sulfide) groups is 1. The Labute approximate surface area is 232 Å². The van der Waals surface area contributed by atoms with Gasteiger partial charge < -0.3 is 9.15 Å². The highest BCUT2D eigenvalue weighted by Gasteiger charge is 2.36. The Morgan fingerprint density at radius 2 is 1.69 bits per heavy atom. The molecule has 1 amide bonds. The number of rotatable bonds is 7. The third-order valence-electron chi connectivity index (χ3n) is 6.48. The van der Waals surface area contributed by atoms with Crippen LogP contribution in [0.3, 0.4) is 0 Å². The largest absolute Gasteiger partial charge is 0.465 e. The molecule has 0 unspecified atom stereocenters. The predicted octanol–water partition coefficient (Wildman–Crippen LogP) is 7.67. The van der Waals surface area contributed by atoms with Crippen molar-refractivity contribution in [1.82, 2.24) is 0 Å². The molecule has 1 aliphatic rings. The van der Waals surface area contributed by atoms with Crippen LogP contribution in [0, 0.1) is 0 Å². The number of hydrogen-bond donors (Lipinski definition) is 0. The molecule has 0 saturated carbocycles. The Bertz CT molecular complexity index is 1600. The molecule has 0 aliphatic carbocycles. The summed E-state index contributed by atoms with van der Waals surface area (Å²) in [5.74, 6) is 0.548. The van der Waals surface area contributed by atoms with E-state index in [0.29, 0.717) is 27.2 Å². The normalized spacial score (nSPS) is 15.4. The van der Waals surface area contributed by atoms with Crippen molar-refractivity contribution in [1.29, 1.82) is 0 Å². The number of ether oxygens (including phenoxy) is 1. The summed E-state index contributed by atoms with van der Waals surface area (Å²) in [5, 5.41) is 0.602. The highest BCUT2D eigenvalue weighted by Crippen LogP contribution is 2.39. The van der Waals surface area contributed by atoms with Gasteiger partial charge in [0.2, 0.25) is 0 Å². The van der Waals surface area contributed by atoms with Crippen LogP contribution in [0.25, 0.3) is 17.4 Å². The van der Waals surface area contributed by atoms with Crippen LogP contribution in [0.4, 0.5) is 11.4 Å². The molecule has 7 heteroatoms. The van der Waals surface area contributed by atoms with E-state index in [1.165, 1.54) is 18.9 Å². The second-order valence-electron chi connectivity index (χ2n) is 8.88. The third kappa shape index (κ3) is 5.45. The number of esters is 1. The van der Waals surface area contributed by atoms with Gasteiger partial charge in [0.15, 0.2) is 5.17 Å². The Morgan fingerprint density at radius 1 is 0.949 bits per heavy atom. The number of aliphatic imine (C=N–C) groups is 1. The Balaban J connectivity index is 1.53. The molecule has 0 spiro atoms. The average Bonchev–Trinajstić information content (AvgIpc) is 3.57. The Kier molecular flexibility index (Phi) is 7.79. The van der Waals surface area contributed by atoms with E-state index >= 15 is 0 Å². The van der Waals surface area contributed by atoms with Gasteiger partial charge in [-0.25, -0.2) is 9.79 Å². The fourth-order valence-corrected chi connectivity index (χ4v) is 5.41. The summed E-state index contributed by atoms with van der Waals surface area (Å²) in [6, 6.07) is 26.6. The first-order valence-corrected chi connectivity index (χ1v) is 13.6. The zero-order valence-electron chi connectivity index (χ0n) is 22.0. The van der Waals surface area contributed by atoms with Gasteiger partial charge in [-0.3, -0.25) is 9.69 Å². The molecular formula is C32H28N2O4S. The lowest BCUT2D eigenvalue weighted by Gasteiger charge is -2.19. The summed E-state index contributed by atoms with van der Waals surface area (Å²) in [5.41, 5.74) is 5.03. The van der Waals surface area contributed by atoms with Crippen LogP contribution in [0.5, 0.6) is 0 Å². The van der Waals surface area contributed by atoms with E-state index in [4.69, 9.17) is 14.1 Å². The highest BCUT2D eigenvalue weighted by atomic mass is 32.2. The highest BCUT2D eigenvalue weighted by molar-refractivity contribution is 8.19. The van der Waals surface area contributed by atoms with Gasteiger partial charge in [0.1, 0.15) is 11.5 Å². The van der Waals surface area contributed by atoms with Crippen molar-refractivity contribution in [3.63, 3.8) is 0 Å². The molecule has 4 aromatic rings. The van der Waals surface area contributed by atoms with Crippen LogP contribution in [0.15, 0.2) is 99.2 Å². The number of nitrogens with zero attached hydrogens (tertiary/aromatic N) is 2. The van der Waals surface area contributed by atoms with E-state index in [9.17, 15) is 9.59 Å². The molecule has 3 aromatic carbocycles. The maximum atomic E-state index is 13.8. The van der Waals surface area contributed by atoms with Crippen LogP contribution < -0.4 is 4.90 Å². The van der Waals surface area contributed by atoms with E-state index in [1.54, 1.807) is 29.2 Å². The number of furan rings is 1. The second-order valence-corrected chi connectivity index (χ2v) is 9.89. The van der Waals surface area contributed by atoms with Gasteiger partial charge in [0.25, 0.3) is 5.91 Å². The van der Waals surface area contributed by atoms with Crippen molar-refractivity contribution in [2.24, 2.45) is 4.99 Å². The summed E-state index contributed by atoms with van der Waals surface area (Å²) in [6.07, 6.45) is 3.37. The van der Waals surface area contributed by atoms with Crippen molar-refractivity contribution < 1.29 is 18.7 Å². The number of anilines is 1. The van der Waals surface area contributed by atoms with Gasteiger partial charge in [0, 0.05) is 11.6 Å². The summed E-state index contributed by atoms with van der Waals surface area (Å²) >= 11 is 1.33. The molecule has 1 aliphatic heterocycles. The van der Waals surface area contributed by atoms with Crippen molar-refractivity contribution in [2.75, 3.05) is 12.0 Å². The fourth-order valence-electron chi connectivity index (χ4n) is 4.44. The summed E-state index contributed by atoms with van der Waals surface area (Å²) < 4.78 is 10.9. The maximum absolute atomic E-state index is 13.8. The molecule has 2 heterocycles. The fraction of sp³-hybridized carbons (Fsp3) is 0.156. The van der Waals surface area contributed by atoms with E-state index < -0.39 is 5.97 Å². The minimum absolute atomic E-state index is 0.153. The number of carbonyl (C=O) groups excluding carboxylic acids is 2. The minimum Gasteiger partial charge on any atom is -0.465 e. The van der Waals surface area contributed by atoms with E-state index in [1.807, 2.05) is 60.7 Å². The number of benzene rings is 3. The average molecular weight is 537 g/mol. The molecule has 5 rings (SSSR count).